The minimum atomic E-state index is -0.112. The van der Waals surface area contributed by atoms with Crippen LogP contribution in [0, 0.1) is 11.3 Å². The van der Waals surface area contributed by atoms with Crippen LogP contribution in [0.4, 0.5) is 0 Å². The Morgan fingerprint density at radius 2 is 2.00 bits per heavy atom. The van der Waals surface area contributed by atoms with Gasteiger partial charge in [0.05, 0.1) is 0 Å². The molecule has 0 aliphatic rings. The first kappa shape index (κ1) is 8.72. The topological polar surface area (TPSA) is 54.5 Å². The van der Waals surface area contributed by atoms with Crippen LogP contribution >= 0.6 is 0 Å². The van der Waals surface area contributed by atoms with Gasteiger partial charge in [0.15, 0.2) is 5.69 Å². The quantitative estimate of drug-likeness (QED) is 0.574. The molecule has 0 saturated heterocycles. The van der Waals surface area contributed by atoms with Crippen LogP contribution in [0.5, 0.6) is 0 Å². The van der Waals surface area contributed by atoms with Crippen molar-refractivity contribution >= 4 is 0 Å². The predicted molar refractivity (Wildman–Crippen MR) is 44.4 cm³/mol. The van der Waals surface area contributed by atoms with Crippen molar-refractivity contribution in [2.75, 3.05) is 0 Å². The molecule has 0 aliphatic carbocycles. The van der Waals surface area contributed by atoms with Gasteiger partial charge in [0.1, 0.15) is 11.8 Å². The molecule has 0 N–H and O–H groups in total. The summed E-state index contributed by atoms with van der Waals surface area (Å²) < 4.78 is 1.50. The van der Waals surface area contributed by atoms with Crippen molar-refractivity contribution in [1.29, 1.82) is 5.26 Å². The Balaban J connectivity index is 3.28. The van der Waals surface area contributed by atoms with Gasteiger partial charge in [-0.2, -0.15) is 5.26 Å². The second-order valence-electron chi connectivity index (χ2n) is 3.77. The minimum absolute atomic E-state index is 0.112. The highest BCUT2D eigenvalue weighted by Crippen LogP contribution is 2.22. The van der Waals surface area contributed by atoms with Crippen LogP contribution in [-0.2, 0) is 12.5 Å². The molecular weight excluding hydrogens is 152 g/mol. The molecule has 0 bridgehead atoms. The van der Waals surface area contributed by atoms with E-state index in [2.05, 4.69) is 16.4 Å². The lowest BCUT2D eigenvalue weighted by atomic mass is 9.91. The Morgan fingerprint density at radius 1 is 1.42 bits per heavy atom. The molecule has 4 heteroatoms. The summed E-state index contributed by atoms with van der Waals surface area (Å²) in [5.41, 5.74) is 1.19. The second-order valence-corrected chi connectivity index (χ2v) is 3.77. The number of aryl methyl sites for hydroxylation is 1. The largest absolute Gasteiger partial charge is 0.237 e. The summed E-state index contributed by atoms with van der Waals surface area (Å²) in [4.78, 5) is 0. The number of nitrogens with zero attached hydrogens (tertiary/aromatic N) is 4. The molecule has 0 radical (unpaired) electrons. The van der Waals surface area contributed by atoms with Crippen LogP contribution in [0.3, 0.4) is 0 Å². The molecule has 12 heavy (non-hydrogen) atoms. The number of nitriles is 1. The van der Waals surface area contributed by atoms with Gasteiger partial charge in [-0.3, -0.25) is 0 Å². The van der Waals surface area contributed by atoms with Gasteiger partial charge in [0, 0.05) is 12.5 Å². The minimum Gasteiger partial charge on any atom is -0.237 e. The van der Waals surface area contributed by atoms with E-state index < -0.39 is 0 Å². The van der Waals surface area contributed by atoms with Crippen molar-refractivity contribution in [3.63, 3.8) is 0 Å². The first-order chi connectivity index (χ1) is 5.46. The molecule has 0 aromatic carbocycles. The summed E-state index contributed by atoms with van der Waals surface area (Å²) in [6, 6.07) is 2.09. The van der Waals surface area contributed by atoms with Crippen LogP contribution in [0.1, 0.15) is 32.2 Å². The highest BCUT2D eigenvalue weighted by atomic mass is 15.4. The van der Waals surface area contributed by atoms with E-state index >= 15 is 0 Å². The molecule has 4 nitrogen and oxygen atoms in total. The third-order valence-electron chi connectivity index (χ3n) is 1.64. The molecule has 1 heterocycles. The van der Waals surface area contributed by atoms with Gasteiger partial charge < -0.3 is 0 Å². The Bertz CT molecular complexity index is 324. The van der Waals surface area contributed by atoms with Crippen LogP contribution in [-0.4, -0.2) is 15.0 Å². The zero-order valence-electron chi connectivity index (χ0n) is 7.79. The van der Waals surface area contributed by atoms with Crippen molar-refractivity contribution in [2.24, 2.45) is 7.05 Å². The van der Waals surface area contributed by atoms with Crippen LogP contribution < -0.4 is 0 Å². The lowest BCUT2D eigenvalue weighted by molar-refractivity contribution is 0.565. The summed E-state index contributed by atoms with van der Waals surface area (Å²) in [5, 5.41) is 16.5. The number of hydrogen-bond acceptors (Lipinski definition) is 3. The Kier molecular flexibility index (Phi) is 1.89. The third-order valence-corrected chi connectivity index (χ3v) is 1.64. The average molecular weight is 164 g/mol. The number of aromatic nitrogens is 3. The summed E-state index contributed by atoms with van der Waals surface area (Å²) in [7, 11) is 1.72. The summed E-state index contributed by atoms with van der Waals surface area (Å²) >= 11 is 0. The summed E-state index contributed by atoms with van der Waals surface area (Å²) in [6.45, 7) is 6.04. The smallest absolute Gasteiger partial charge is 0.162 e. The molecule has 1 rings (SSSR count). The van der Waals surface area contributed by atoms with E-state index in [1.165, 1.54) is 4.68 Å². The average Bonchev–Trinajstić information content (AvgIpc) is 2.29. The van der Waals surface area contributed by atoms with Crippen molar-refractivity contribution in [3.8, 4) is 6.07 Å². The van der Waals surface area contributed by atoms with Gasteiger partial charge in [-0.15, -0.1) is 5.10 Å². The van der Waals surface area contributed by atoms with E-state index in [4.69, 9.17) is 5.26 Å². The highest BCUT2D eigenvalue weighted by molar-refractivity contribution is 5.29. The van der Waals surface area contributed by atoms with Crippen molar-refractivity contribution < 1.29 is 0 Å². The molecule has 1 aromatic heterocycles. The SMILES string of the molecule is Cn1nnc(C(C)(C)C)c1C#N. The van der Waals surface area contributed by atoms with Crippen molar-refractivity contribution in [1.82, 2.24) is 15.0 Å². The van der Waals surface area contributed by atoms with E-state index in [-0.39, 0.29) is 5.41 Å². The van der Waals surface area contributed by atoms with E-state index in [9.17, 15) is 0 Å². The predicted octanol–water partition coefficient (Wildman–Crippen LogP) is 0.984. The van der Waals surface area contributed by atoms with Crippen molar-refractivity contribution in [2.45, 2.75) is 26.2 Å². The van der Waals surface area contributed by atoms with Gasteiger partial charge in [-0.1, -0.05) is 26.0 Å². The van der Waals surface area contributed by atoms with Gasteiger partial charge in [-0.25, -0.2) is 4.68 Å². The third kappa shape index (κ3) is 1.30. The molecule has 0 saturated carbocycles. The maximum atomic E-state index is 8.80. The van der Waals surface area contributed by atoms with Crippen LogP contribution in [0.15, 0.2) is 0 Å². The van der Waals surface area contributed by atoms with Gasteiger partial charge >= 0.3 is 0 Å². The Labute approximate surface area is 71.8 Å². The fourth-order valence-corrected chi connectivity index (χ4v) is 0.988. The first-order valence-corrected chi connectivity index (χ1v) is 3.77. The lowest BCUT2D eigenvalue weighted by Gasteiger charge is -2.14. The Morgan fingerprint density at radius 3 is 2.33 bits per heavy atom. The lowest BCUT2D eigenvalue weighted by Crippen LogP contribution is -2.14. The molecule has 64 valence electrons. The van der Waals surface area contributed by atoms with Gasteiger partial charge in [-0.05, 0) is 0 Å². The zero-order valence-corrected chi connectivity index (χ0v) is 7.79. The Hall–Kier alpha value is -1.37. The summed E-state index contributed by atoms with van der Waals surface area (Å²) in [6.07, 6.45) is 0. The van der Waals surface area contributed by atoms with E-state index in [1.54, 1.807) is 7.05 Å². The number of rotatable bonds is 0. The fourth-order valence-electron chi connectivity index (χ4n) is 0.988. The molecule has 0 aliphatic heterocycles. The molecule has 0 amide bonds. The maximum Gasteiger partial charge on any atom is 0.162 e. The normalized spacial score (nSPS) is 11.2. The van der Waals surface area contributed by atoms with Gasteiger partial charge in [0.25, 0.3) is 0 Å². The fraction of sp³-hybridized carbons (Fsp3) is 0.625. The number of hydrogen-bond donors (Lipinski definition) is 0. The van der Waals surface area contributed by atoms with Crippen molar-refractivity contribution in [3.05, 3.63) is 11.4 Å². The standard InChI is InChI=1S/C8H12N4/c1-8(2,3)7-6(5-9)12(4)11-10-7/h1-4H3. The van der Waals surface area contributed by atoms with E-state index in [0.717, 1.165) is 5.69 Å². The molecular formula is C8H12N4. The zero-order chi connectivity index (χ0) is 9.35. The monoisotopic (exact) mass is 164 g/mol. The maximum absolute atomic E-state index is 8.80. The van der Waals surface area contributed by atoms with E-state index in [1.807, 2.05) is 20.8 Å². The molecule has 1 aromatic rings. The van der Waals surface area contributed by atoms with Gasteiger partial charge in [0.2, 0.25) is 0 Å². The van der Waals surface area contributed by atoms with Crippen LogP contribution in [0.2, 0.25) is 0 Å². The first-order valence-electron chi connectivity index (χ1n) is 3.77. The highest BCUT2D eigenvalue weighted by Gasteiger charge is 2.23. The molecule has 0 fully saturated rings. The molecule has 0 atom stereocenters. The van der Waals surface area contributed by atoms with Crippen LogP contribution in [0.25, 0.3) is 0 Å². The van der Waals surface area contributed by atoms with E-state index in [0.29, 0.717) is 5.69 Å². The molecule has 0 spiro atoms. The second kappa shape index (κ2) is 2.59. The summed E-state index contributed by atoms with van der Waals surface area (Å²) in [5.74, 6) is 0. The molecule has 0 unspecified atom stereocenters.